The van der Waals surface area contributed by atoms with Gasteiger partial charge >= 0.3 is 0 Å². The Labute approximate surface area is 107 Å². The van der Waals surface area contributed by atoms with Crippen LogP contribution in [0.4, 0.5) is 4.39 Å². The van der Waals surface area contributed by atoms with Crippen LogP contribution in [-0.4, -0.2) is 18.3 Å². The molecule has 17 heavy (non-hydrogen) atoms. The molecule has 0 aromatic heterocycles. The number of hydrogen-bond acceptors (Lipinski definition) is 2. The zero-order valence-electron chi connectivity index (χ0n) is 9.88. The smallest absolute Gasteiger partial charge is 0.123 e. The second kappa shape index (κ2) is 8.45. The van der Waals surface area contributed by atoms with E-state index in [1.54, 1.807) is 6.07 Å². The molecule has 1 aromatic carbocycles. The molecule has 0 saturated heterocycles. The molecule has 0 heterocycles. The largest absolute Gasteiger partial charge is 0.396 e. The van der Waals surface area contributed by atoms with E-state index in [9.17, 15) is 4.39 Å². The summed E-state index contributed by atoms with van der Waals surface area (Å²) < 4.78 is 13.0. The lowest BCUT2D eigenvalue weighted by molar-refractivity contribution is 0.282. The van der Waals surface area contributed by atoms with Crippen LogP contribution in [0.1, 0.15) is 31.2 Å². The minimum absolute atomic E-state index is 0.255. The Morgan fingerprint density at radius 3 is 2.71 bits per heavy atom. The first-order valence-corrected chi connectivity index (χ1v) is 6.37. The van der Waals surface area contributed by atoms with Gasteiger partial charge in [-0.05, 0) is 43.1 Å². The molecule has 0 aliphatic rings. The minimum atomic E-state index is -0.255. The second-order valence-corrected chi connectivity index (χ2v) is 4.46. The number of aliphatic hydroxyl groups excluding tert-OH is 1. The third-order valence-electron chi connectivity index (χ3n) is 2.58. The standard InChI is InChI=1S/C13H19ClFNO/c14-13-6-5-12(15)9-11(13)10-16-7-3-1-2-4-8-17/h5-6,9,16-17H,1-4,7-8,10H2. The van der Waals surface area contributed by atoms with Gasteiger partial charge < -0.3 is 10.4 Å². The van der Waals surface area contributed by atoms with Crippen molar-refractivity contribution in [2.45, 2.75) is 32.2 Å². The number of hydrogen-bond donors (Lipinski definition) is 2. The van der Waals surface area contributed by atoms with E-state index in [4.69, 9.17) is 16.7 Å². The Hall–Kier alpha value is -0.640. The molecule has 0 bridgehead atoms. The van der Waals surface area contributed by atoms with Gasteiger partial charge in [-0.3, -0.25) is 0 Å². The molecule has 0 spiro atoms. The first kappa shape index (κ1) is 14.4. The third kappa shape index (κ3) is 6.01. The first-order chi connectivity index (χ1) is 8.24. The van der Waals surface area contributed by atoms with Gasteiger partial charge in [0.15, 0.2) is 0 Å². The first-order valence-electron chi connectivity index (χ1n) is 5.99. The van der Waals surface area contributed by atoms with Crippen LogP contribution in [0.25, 0.3) is 0 Å². The molecular weight excluding hydrogens is 241 g/mol. The molecule has 0 amide bonds. The van der Waals surface area contributed by atoms with Crippen molar-refractivity contribution in [3.05, 3.63) is 34.6 Å². The van der Waals surface area contributed by atoms with Gasteiger partial charge in [-0.1, -0.05) is 24.4 Å². The van der Waals surface area contributed by atoms with Crippen molar-refractivity contribution in [3.63, 3.8) is 0 Å². The van der Waals surface area contributed by atoms with E-state index >= 15 is 0 Å². The summed E-state index contributed by atoms with van der Waals surface area (Å²) in [6.07, 6.45) is 4.09. The second-order valence-electron chi connectivity index (χ2n) is 4.05. The molecule has 0 unspecified atom stereocenters. The molecule has 2 nitrogen and oxygen atoms in total. The molecule has 0 aliphatic heterocycles. The summed E-state index contributed by atoms with van der Waals surface area (Å²) in [5.74, 6) is -0.255. The number of rotatable bonds is 8. The molecule has 4 heteroatoms. The van der Waals surface area contributed by atoms with Crippen LogP contribution in [0, 0.1) is 5.82 Å². The summed E-state index contributed by atoms with van der Waals surface area (Å²) in [4.78, 5) is 0. The predicted molar refractivity (Wildman–Crippen MR) is 68.7 cm³/mol. The van der Waals surface area contributed by atoms with E-state index in [0.29, 0.717) is 11.6 Å². The molecule has 0 atom stereocenters. The van der Waals surface area contributed by atoms with E-state index < -0.39 is 0 Å². The van der Waals surface area contributed by atoms with Gasteiger partial charge in [-0.2, -0.15) is 0 Å². The topological polar surface area (TPSA) is 32.3 Å². The highest BCUT2D eigenvalue weighted by Gasteiger charge is 2.01. The fraction of sp³-hybridized carbons (Fsp3) is 0.538. The Morgan fingerprint density at radius 2 is 1.94 bits per heavy atom. The van der Waals surface area contributed by atoms with Gasteiger partial charge in [0, 0.05) is 18.2 Å². The third-order valence-corrected chi connectivity index (χ3v) is 2.95. The summed E-state index contributed by atoms with van der Waals surface area (Å²) in [6.45, 7) is 1.75. The van der Waals surface area contributed by atoms with Crippen molar-refractivity contribution in [3.8, 4) is 0 Å². The molecular formula is C13H19ClFNO. The zero-order chi connectivity index (χ0) is 12.5. The van der Waals surface area contributed by atoms with Crippen LogP contribution < -0.4 is 5.32 Å². The van der Waals surface area contributed by atoms with E-state index in [1.807, 2.05) is 0 Å². The normalized spacial score (nSPS) is 10.8. The van der Waals surface area contributed by atoms with E-state index in [1.165, 1.54) is 12.1 Å². The van der Waals surface area contributed by atoms with Gasteiger partial charge in [0.05, 0.1) is 0 Å². The number of nitrogens with one attached hydrogen (secondary N) is 1. The van der Waals surface area contributed by atoms with Crippen LogP contribution in [0.2, 0.25) is 5.02 Å². The van der Waals surface area contributed by atoms with Crippen LogP contribution in [-0.2, 0) is 6.54 Å². The molecule has 2 N–H and O–H groups in total. The Kier molecular flexibility index (Phi) is 7.17. The molecule has 1 aromatic rings. The number of benzene rings is 1. The van der Waals surface area contributed by atoms with E-state index in [-0.39, 0.29) is 12.4 Å². The highest BCUT2D eigenvalue weighted by Crippen LogP contribution is 2.16. The van der Waals surface area contributed by atoms with Crippen molar-refractivity contribution < 1.29 is 9.50 Å². The maximum Gasteiger partial charge on any atom is 0.123 e. The van der Waals surface area contributed by atoms with Gasteiger partial charge in [0.1, 0.15) is 5.82 Å². The SMILES string of the molecule is OCCCCCCNCc1cc(F)ccc1Cl. The molecule has 1 rings (SSSR count). The van der Waals surface area contributed by atoms with Crippen LogP contribution >= 0.6 is 11.6 Å². The lowest BCUT2D eigenvalue weighted by Crippen LogP contribution is -2.15. The van der Waals surface area contributed by atoms with Crippen molar-refractivity contribution in [1.29, 1.82) is 0 Å². The molecule has 0 fully saturated rings. The zero-order valence-corrected chi connectivity index (χ0v) is 10.6. The summed E-state index contributed by atoms with van der Waals surface area (Å²) in [5, 5.41) is 12.4. The summed E-state index contributed by atoms with van der Waals surface area (Å²) in [7, 11) is 0. The average Bonchev–Trinajstić information content (AvgIpc) is 2.32. The quantitative estimate of drug-likeness (QED) is 0.703. The van der Waals surface area contributed by atoms with E-state index in [0.717, 1.165) is 37.8 Å². The van der Waals surface area contributed by atoms with Gasteiger partial charge in [-0.25, -0.2) is 4.39 Å². The van der Waals surface area contributed by atoms with Crippen molar-refractivity contribution in [2.24, 2.45) is 0 Å². The Bertz CT molecular complexity index is 333. The lowest BCUT2D eigenvalue weighted by Gasteiger charge is -2.06. The molecule has 0 radical (unpaired) electrons. The Morgan fingerprint density at radius 1 is 1.18 bits per heavy atom. The van der Waals surface area contributed by atoms with Gasteiger partial charge in [0.25, 0.3) is 0 Å². The van der Waals surface area contributed by atoms with Crippen LogP contribution in [0.3, 0.4) is 0 Å². The summed E-state index contributed by atoms with van der Waals surface area (Å²) >= 11 is 5.94. The van der Waals surface area contributed by atoms with E-state index in [2.05, 4.69) is 5.32 Å². The van der Waals surface area contributed by atoms with Gasteiger partial charge in [-0.15, -0.1) is 0 Å². The lowest BCUT2D eigenvalue weighted by atomic mass is 10.2. The number of halogens is 2. The number of aliphatic hydroxyl groups is 1. The highest BCUT2D eigenvalue weighted by atomic mass is 35.5. The fourth-order valence-electron chi connectivity index (χ4n) is 1.62. The van der Waals surface area contributed by atoms with Crippen LogP contribution in [0.5, 0.6) is 0 Å². The van der Waals surface area contributed by atoms with Crippen molar-refractivity contribution in [1.82, 2.24) is 5.32 Å². The number of unbranched alkanes of at least 4 members (excludes halogenated alkanes) is 3. The summed E-state index contributed by atoms with van der Waals surface area (Å²) in [5.41, 5.74) is 0.794. The monoisotopic (exact) mass is 259 g/mol. The molecule has 0 saturated carbocycles. The maximum absolute atomic E-state index is 13.0. The van der Waals surface area contributed by atoms with Crippen LogP contribution in [0.15, 0.2) is 18.2 Å². The van der Waals surface area contributed by atoms with Crippen molar-refractivity contribution in [2.75, 3.05) is 13.2 Å². The fourth-order valence-corrected chi connectivity index (χ4v) is 1.80. The Balaban J connectivity index is 2.15. The molecule has 0 aliphatic carbocycles. The molecule has 96 valence electrons. The van der Waals surface area contributed by atoms with Gasteiger partial charge in [0.2, 0.25) is 0 Å². The summed E-state index contributed by atoms with van der Waals surface area (Å²) in [6, 6.07) is 4.40. The maximum atomic E-state index is 13.0. The highest BCUT2D eigenvalue weighted by molar-refractivity contribution is 6.31. The predicted octanol–water partition coefficient (Wildman–Crippen LogP) is 3.12. The van der Waals surface area contributed by atoms with Crippen molar-refractivity contribution >= 4 is 11.6 Å². The average molecular weight is 260 g/mol. The minimum Gasteiger partial charge on any atom is -0.396 e.